The number of nitrogens with zero attached hydrogens (tertiary/aromatic N) is 1. The van der Waals surface area contributed by atoms with Crippen LogP contribution in [0.25, 0.3) is 0 Å². The zero-order chi connectivity index (χ0) is 18.0. The van der Waals surface area contributed by atoms with E-state index in [0.717, 1.165) is 6.20 Å². The summed E-state index contributed by atoms with van der Waals surface area (Å²) in [6.45, 7) is 3.59. The van der Waals surface area contributed by atoms with Crippen LogP contribution in [0.4, 0.5) is 4.39 Å². The zero-order valence-electron chi connectivity index (χ0n) is 13.0. The summed E-state index contributed by atoms with van der Waals surface area (Å²) in [5, 5.41) is 18.3. The third kappa shape index (κ3) is 3.29. The fraction of sp³-hybridized carbons (Fsp3) is 0.533. The van der Waals surface area contributed by atoms with Crippen molar-refractivity contribution in [2.45, 2.75) is 25.9 Å². The molecule has 0 aliphatic carbocycles. The van der Waals surface area contributed by atoms with Crippen molar-refractivity contribution in [3.8, 4) is 5.75 Å². The molecule has 0 saturated carbocycles. The third-order valence-electron chi connectivity index (χ3n) is 3.95. The Kier molecular flexibility index (Phi) is 5.61. The third-order valence-corrected chi connectivity index (χ3v) is 4.30. The van der Waals surface area contributed by atoms with Crippen molar-refractivity contribution >= 4 is 23.5 Å². The molecule has 0 spiro atoms. The summed E-state index contributed by atoms with van der Waals surface area (Å²) < 4.78 is 24.5. The first kappa shape index (κ1) is 18.4. The second-order valence-corrected chi connectivity index (χ2v) is 5.90. The first-order valence-corrected chi connectivity index (χ1v) is 7.71. The number of carboxylic acid groups (broad SMARTS) is 2. The van der Waals surface area contributed by atoms with Crippen LogP contribution in [0.15, 0.2) is 6.20 Å². The van der Waals surface area contributed by atoms with Crippen LogP contribution >= 0.6 is 11.6 Å². The lowest BCUT2D eigenvalue weighted by Crippen LogP contribution is -2.45. The van der Waals surface area contributed by atoms with Crippen molar-refractivity contribution in [2.24, 2.45) is 11.8 Å². The van der Waals surface area contributed by atoms with Gasteiger partial charge in [-0.15, -0.1) is 0 Å². The van der Waals surface area contributed by atoms with E-state index in [0.29, 0.717) is 0 Å². The summed E-state index contributed by atoms with van der Waals surface area (Å²) in [6.07, 6.45) is -0.300. The number of pyridine rings is 1. The Hall–Kier alpha value is -1.93. The second-order valence-electron chi connectivity index (χ2n) is 5.52. The summed E-state index contributed by atoms with van der Waals surface area (Å²) in [4.78, 5) is 26.8. The minimum Gasteiger partial charge on any atom is -0.490 e. The van der Waals surface area contributed by atoms with Crippen molar-refractivity contribution in [3.63, 3.8) is 0 Å². The normalized spacial score (nSPS) is 21.0. The van der Waals surface area contributed by atoms with E-state index in [1.165, 1.54) is 0 Å². The highest BCUT2D eigenvalue weighted by molar-refractivity contribution is 6.32. The highest BCUT2D eigenvalue weighted by Crippen LogP contribution is 2.44. The topological polar surface area (TPSA) is 106 Å². The number of hydrogen-bond acceptors (Lipinski definition) is 5. The predicted octanol–water partition coefficient (Wildman–Crippen LogP) is 2.18. The number of fused-ring (bicyclic) bond motifs is 1. The number of carboxylic acids is 2. The van der Waals surface area contributed by atoms with Crippen LogP contribution in [-0.4, -0.2) is 46.5 Å². The van der Waals surface area contributed by atoms with Gasteiger partial charge in [-0.05, 0) is 6.92 Å². The van der Waals surface area contributed by atoms with Gasteiger partial charge in [0.05, 0.1) is 24.6 Å². The number of aliphatic carboxylic acids is 2. The van der Waals surface area contributed by atoms with E-state index in [1.807, 2.05) is 0 Å². The molecule has 0 saturated heterocycles. The van der Waals surface area contributed by atoms with E-state index in [-0.39, 0.29) is 35.6 Å². The molecule has 1 aliphatic rings. The Bertz CT molecular complexity index is 641. The maximum atomic E-state index is 13.6. The van der Waals surface area contributed by atoms with Gasteiger partial charge in [0.1, 0.15) is 5.02 Å². The minimum absolute atomic E-state index is 0.000928. The summed E-state index contributed by atoms with van der Waals surface area (Å²) in [7, 11) is 0. The van der Waals surface area contributed by atoms with Crippen LogP contribution in [-0.2, 0) is 14.3 Å². The standard InChI is InChI=1S/C15H17ClFNO6/c1-3-23-12(9(14(19)20)15(21)22)8-6(2)5-24-13-10(16)7(17)4-18-11(8)13/h4,6,8-9,12H,3,5H2,1-2H3,(H,19,20)(H,21,22). The van der Waals surface area contributed by atoms with Gasteiger partial charge < -0.3 is 19.7 Å². The van der Waals surface area contributed by atoms with Gasteiger partial charge in [0.2, 0.25) is 0 Å². The van der Waals surface area contributed by atoms with Crippen LogP contribution in [0.1, 0.15) is 25.5 Å². The first-order chi connectivity index (χ1) is 11.3. The molecule has 0 radical (unpaired) electrons. The number of halogens is 2. The minimum atomic E-state index is -1.80. The van der Waals surface area contributed by atoms with E-state index < -0.39 is 35.7 Å². The van der Waals surface area contributed by atoms with Gasteiger partial charge in [-0.25, -0.2) is 4.39 Å². The quantitative estimate of drug-likeness (QED) is 0.748. The molecular weight excluding hydrogens is 345 g/mol. The molecule has 2 rings (SSSR count). The maximum Gasteiger partial charge on any atom is 0.320 e. The highest BCUT2D eigenvalue weighted by atomic mass is 35.5. The van der Waals surface area contributed by atoms with E-state index in [1.54, 1.807) is 13.8 Å². The molecule has 1 aliphatic heterocycles. The Morgan fingerprint density at radius 3 is 2.67 bits per heavy atom. The van der Waals surface area contributed by atoms with E-state index in [9.17, 15) is 24.2 Å². The predicted molar refractivity (Wildman–Crippen MR) is 80.8 cm³/mol. The Labute approximate surface area is 142 Å². The molecule has 3 unspecified atom stereocenters. The van der Waals surface area contributed by atoms with Crippen molar-refractivity contribution in [2.75, 3.05) is 13.2 Å². The first-order valence-electron chi connectivity index (χ1n) is 7.33. The maximum absolute atomic E-state index is 13.6. The van der Waals surface area contributed by atoms with E-state index >= 15 is 0 Å². The average molecular weight is 362 g/mol. The summed E-state index contributed by atoms with van der Waals surface area (Å²) in [5.74, 6) is -6.63. The molecule has 1 aromatic heterocycles. The van der Waals surface area contributed by atoms with Crippen molar-refractivity contribution in [1.29, 1.82) is 0 Å². The Balaban J connectivity index is 2.56. The van der Waals surface area contributed by atoms with E-state index in [4.69, 9.17) is 21.1 Å². The number of aromatic nitrogens is 1. The van der Waals surface area contributed by atoms with Gasteiger partial charge in [-0.3, -0.25) is 14.6 Å². The van der Waals surface area contributed by atoms with Crippen LogP contribution in [0.5, 0.6) is 5.75 Å². The number of hydrogen-bond donors (Lipinski definition) is 2. The summed E-state index contributed by atoms with van der Waals surface area (Å²) in [6, 6.07) is 0. The van der Waals surface area contributed by atoms with Gasteiger partial charge in [0.25, 0.3) is 0 Å². The SMILES string of the molecule is CCOC(C(C(=O)O)C(=O)O)C1c2ncc(F)c(Cl)c2OCC1C. The molecule has 9 heteroatoms. The number of rotatable bonds is 6. The lowest BCUT2D eigenvalue weighted by molar-refractivity contribution is -0.164. The van der Waals surface area contributed by atoms with Crippen LogP contribution in [0.2, 0.25) is 5.02 Å². The zero-order valence-corrected chi connectivity index (χ0v) is 13.8. The van der Waals surface area contributed by atoms with Crippen molar-refractivity contribution in [3.05, 3.63) is 22.7 Å². The smallest absolute Gasteiger partial charge is 0.320 e. The lowest BCUT2D eigenvalue weighted by Gasteiger charge is -2.37. The van der Waals surface area contributed by atoms with Crippen LogP contribution < -0.4 is 4.74 Å². The van der Waals surface area contributed by atoms with Crippen molar-refractivity contribution < 1.29 is 33.7 Å². The number of ether oxygens (including phenoxy) is 2. The molecule has 3 atom stereocenters. The number of carbonyl (C=O) groups is 2. The highest BCUT2D eigenvalue weighted by Gasteiger charge is 2.46. The molecule has 0 aromatic carbocycles. The Morgan fingerprint density at radius 2 is 2.12 bits per heavy atom. The second kappa shape index (κ2) is 7.31. The van der Waals surface area contributed by atoms with Gasteiger partial charge in [0.15, 0.2) is 17.5 Å². The largest absolute Gasteiger partial charge is 0.490 e. The van der Waals surface area contributed by atoms with Crippen molar-refractivity contribution in [1.82, 2.24) is 4.98 Å². The van der Waals surface area contributed by atoms with Crippen LogP contribution in [0, 0.1) is 17.7 Å². The molecule has 2 N–H and O–H groups in total. The summed E-state index contributed by atoms with van der Waals surface area (Å²) in [5.41, 5.74) is 0.200. The molecule has 0 fully saturated rings. The molecule has 2 heterocycles. The Morgan fingerprint density at radius 1 is 1.50 bits per heavy atom. The lowest BCUT2D eigenvalue weighted by atomic mass is 9.78. The van der Waals surface area contributed by atoms with Gasteiger partial charge in [-0.2, -0.15) is 0 Å². The molecule has 24 heavy (non-hydrogen) atoms. The van der Waals surface area contributed by atoms with Gasteiger partial charge >= 0.3 is 11.9 Å². The molecule has 0 amide bonds. The summed E-state index contributed by atoms with van der Waals surface area (Å²) >= 11 is 5.90. The molecule has 7 nitrogen and oxygen atoms in total. The van der Waals surface area contributed by atoms with Crippen LogP contribution in [0.3, 0.4) is 0 Å². The molecule has 0 bridgehead atoms. The fourth-order valence-electron chi connectivity index (χ4n) is 2.89. The van der Waals surface area contributed by atoms with Gasteiger partial charge in [0, 0.05) is 18.4 Å². The molecular formula is C15H17ClFNO6. The average Bonchev–Trinajstić information content (AvgIpc) is 2.50. The fourth-order valence-corrected chi connectivity index (χ4v) is 3.09. The molecule has 132 valence electrons. The monoisotopic (exact) mass is 361 g/mol. The van der Waals surface area contributed by atoms with E-state index in [2.05, 4.69) is 4.98 Å². The molecule has 1 aromatic rings. The van der Waals surface area contributed by atoms with Gasteiger partial charge in [-0.1, -0.05) is 18.5 Å².